The maximum atomic E-state index is 12.4. The normalized spacial score (nSPS) is 20.7. The molecule has 0 saturated carbocycles. The smallest absolute Gasteiger partial charge is 0.303 e. The third-order valence-electron chi connectivity index (χ3n) is 6.98. The highest BCUT2D eigenvalue weighted by Crippen LogP contribution is 2.34. The molecule has 0 amide bonds. The SMILES string of the molecule is CC(=O)OCC1OC(Oc2c(Cc3ccco3)nc3c(Cc4ccccc4)nc(Br)cn23)C(OC(C)=O)C(OC(C)=O)C1OC(C)=O. The molecule has 5 unspecified atom stereocenters. The van der Waals surface area contributed by atoms with E-state index < -0.39 is 61.2 Å². The van der Waals surface area contributed by atoms with Crippen molar-refractivity contribution < 1.29 is 52.0 Å². The summed E-state index contributed by atoms with van der Waals surface area (Å²) >= 11 is 3.49. The van der Waals surface area contributed by atoms with Crippen LogP contribution in [0.25, 0.3) is 5.65 Å². The first-order valence-corrected chi connectivity index (χ1v) is 15.4. The Labute approximate surface area is 277 Å². The van der Waals surface area contributed by atoms with Gasteiger partial charge in [0.2, 0.25) is 18.3 Å². The van der Waals surface area contributed by atoms with Crippen molar-refractivity contribution in [3.8, 4) is 5.88 Å². The lowest BCUT2D eigenvalue weighted by Gasteiger charge is -2.43. The van der Waals surface area contributed by atoms with Gasteiger partial charge in [-0.15, -0.1) is 0 Å². The second kappa shape index (κ2) is 14.8. The lowest BCUT2D eigenvalue weighted by atomic mass is 9.98. The number of carbonyl (C=O) groups is 4. The van der Waals surface area contributed by atoms with Crippen molar-refractivity contribution in [2.24, 2.45) is 0 Å². The molecule has 47 heavy (non-hydrogen) atoms. The van der Waals surface area contributed by atoms with Crippen LogP contribution in [0.15, 0.2) is 63.9 Å². The monoisotopic (exact) mass is 713 g/mol. The summed E-state index contributed by atoms with van der Waals surface area (Å²) in [5, 5.41) is 0. The van der Waals surface area contributed by atoms with Crippen LogP contribution in [0.5, 0.6) is 5.88 Å². The highest BCUT2D eigenvalue weighted by molar-refractivity contribution is 9.10. The van der Waals surface area contributed by atoms with E-state index in [4.69, 9.17) is 37.8 Å². The molecule has 1 saturated heterocycles. The van der Waals surface area contributed by atoms with Gasteiger partial charge >= 0.3 is 23.9 Å². The van der Waals surface area contributed by atoms with Crippen LogP contribution in [-0.4, -0.2) is 75.6 Å². The fourth-order valence-corrected chi connectivity index (χ4v) is 5.64. The first-order chi connectivity index (χ1) is 22.5. The van der Waals surface area contributed by atoms with Gasteiger partial charge in [0.05, 0.1) is 18.4 Å². The summed E-state index contributed by atoms with van der Waals surface area (Å²) in [6.07, 6.45) is -3.03. The van der Waals surface area contributed by atoms with Crippen molar-refractivity contribution in [3.05, 3.63) is 82.2 Å². The van der Waals surface area contributed by atoms with Gasteiger partial charge in [-0.2, -0.15) is 0 Å². The van der Waals surface area contributed by atoms with Gasteiger partial charge in [-0.3, -0.25) is 23.6 Å². The molecule has 4 aromatic rings. The quantitative estimate of drug-likeness (QED) is 0.163. The molecular weight excluding hydrogens is 682 g/mol. The molecule has 4 heterocycles. The number of furan rings is 1. The Morgan fingerprint density at radius 3 is 2.13 bits per heavy atom. The Balaban J connectivity index is 1.63. The van der Waals surface area contributed by atoms with Crippen LogP contribution >= 0.6 is 15.9 Å². The molecule has 0 bridgehead atoms. The van der Waals surface area contributed by atoms with E-state index in [0.29, 0.717) is 33.8 Å². The van der Waals surface area contributed by atoms with E-state index in [2.05, 4.69) is 20.9 Å². The molecule has 0 spiro atoms. The second-order valence-corrected chi connectivity index (χ2v) is 11.5. The predicted octanol–water partition coefficient (Wildman–Crippen LogP) is 3.73. The molecule has 0 N–H and O–H groups in total. The molecular formula is C32H32BrN3O11. The predicted molar refractivity (Wildman–Crippen MR) is 164 cm³/mol. The number of halogens is 1. The Bertz CT molecular complexity index is 1740. The van der Waals surface area contributed by atoms with Crippen LogP contribution in [0.1, 0.15) is 50.4 Å². The zero-order valence-corrected chi connectivity index (χ0v) is 27.5. The van der Waals surface area contributed by atoms with Crippen molar-refractivity contribution in [1.29, 1.82) is 0 Å². The molecule has 248 valence electrons. The van der Waals surface area contributed by atoms with Gasteiger partial charge in [0.25, 0.3) is 0 Å². The average molecular weight is 715 g/mol. The molecule has 15 heteroatoms. The summed E-state index contributed by atoms with van der Waals surface area (Å²) in [5.74, 6) is -2.13. The maximum Gasteiger partial charge on any atom is 0.303 e. The molecule has 1 aromatic carbocycles. The van der Waals surface area contributed by atoms with Crippen LogP contribution in [0.3, 0.4) is 0 Å². The van der Waals surface area contributed by atoms with E-state index >= 15 is 0 Å². The Kier molecular flexibility index (Phi) is 10.6. The van der Waals surface area contributed by atoms with Gasteiger partial charge in [-0.05, 0) is 33.6 Å². The lowest BCUT2D eigenvalue weighted by molar-refractivity contribution is -0.289. The Morgan fingerprint density at radius 2 is 1.49 bits per heavy atom. The average Bonchev–Trinajstić information content (AvgIpc) is 3.63. The van der Waals surface area contributed by atoms with E-state index in [1.165, 1.54) is 13.2 Å². The number of aromatic nitrogens is 3. The van der Waals surface area contributed by atoms with Crippen LogP contribution in [0, 0.1) is 0 Å². The number of nitrogens with zero attached hydrogens (tertiary/aromatic N) is 3. The van der Waals surface area contributed by atoms with E-state index in [9.17, 15) is 19.2 Å². The molecule has 1 fully saturated rings. The van der Waals surface area contributed by atoms with Crippen LogP contribution in [0.2, 0.25) is 0 Å². The molecule has 14 nitrogen and oxygen atoms in total. The van der Waals surface area contributed by atoms with E-state index in [-0.39, 0.29) is 12.3 Å². The standard InChI is InChI=1S/C32H32BrN3O11/c1-17(37)42-16-25-27(43-18(2)38)28(44-19(3)39)29(45-20(4)40)32(46-25)47-31-24(14-22-11-8-12-41-22)35-30-23(34-26(33)15-36(30)31)13-21-9-6-5-7-10-21/h5-12,15,25,27-29,32H,13-14,16H2,1-4H3. The fourth-order valence-electron chi connectivity index (χ4n) is 5.22. The summed E-state index contributed by atoms with van der Waals surface area (Å²) in [5.41, 5.74) is 2.52. The number of ether oxygens (including phenoxy) is 6. The number of hydrogen-bond acceptors (Lipinski definition) is 13. The van der Waals surface area contributed by atoms with E-state index in [0.717, 1.165) is 26.3 Å². The van der Waals surface area contributed by atoms with Crippen molar-refractivity contribution in [2.75, 3.05) is 6.61 Å². The summed E-state index contributed by atoms with van der Waals surface area (Å²) in [6.45, 7) is 4.24. The molecule has 1 aliphatic rings. The first-order valence-electron chi connectivity index (χ1n) is 14.6. The molecule has 0 aliphatic carbocycles. The third kappa shape index (κ3) is 8.34. The van der Waals surface area contributed by atoms with Crippen LogP contribution in [-0.2, 0) is 55.7 Å². The van der Waals surface area contributed by atoms with Gasteiger partial charge in [-0.25, -0.2) is 9.97 Å². The van der Waals surface area contributed by atoms with Crippen molar-refractivity contribution in [1.82, 2.24) is 14.4 Å². The Hall–Kier alpha value is -4.76. The van der Waals surface area contributed by atoms with Crippen LogP contribution in [0.4, 0.5) is 0 Å². The second-order valence-electron chi connectivity index (χ2n) is 10.7. The highest BCUT2D eigenvalue weighted by Gasteiger charge is 2.53. The number of rotatable bonds is 11. The van der Waals surface area contributed by atoms with Crippen molar-refractivity contribution in [2.45, 2.75) is 71.2 Å². The summed E-state index contributed by atoms with van der Waals surface area (Å²) < 4.78 is 42.3. The highest BCUT2D eigenvalue weighted by atomic mass is 79.9. The van der Waals surface area contributed by atoms with Gasteiger partial charge in [0, 0.05) is 40.3 Å². The zero-order chi connectivity index (χ0) is 33.7. The molecule has 3 aromatic heterocycles. The van der Waals surface area contributed by atoms with E-state index in [1.54, 1.807) is 22.7 Å². The molecule has 5 atom stereocenters. The number of hydrogen-bond donors (Lipinski definition) is 0. The number of fused-ring (bicyclic) bond motifs is 1. The van der Waals surface area contributed by atoms with Gasteiger partial charge in [-0.1, -0.05) is 30.3 Å². The largest absolute Gasteiger partial charge is 0.469 e. The van der Waals surface area contributed by atoms with Crippen molar-refractivity contribution >= 4 is 45.5 Å². The third-order valence-corrected chi connectivity index (χ3v) is 7.36. The number of carbonyl (C=O) groups excluding carboxylic acids is 4. The minimum absolute atomic E-state index is 0.176. The lowest BCUT2D eigenvalue weighted by Crippen LogP contribution is -2.63. The summed E-state index contributed by atoms with van der Waals surface area (Å²) in [6, 6.07) is 13.2. The van der Waals surface area contributed by atoms with E-state index in [1.807, 2.05) is 30.3 Å². The molecule has 1 aliphatic heterocycles. The van der Waals surface area contributed by atoms with Crippen molar-refractivity contribution in [3.63, 3.8) is 0 Å². The minimum Gasteiger partial charge on any atom is -0.469 e. The first kappa shape index (κ1) is 33.6. The van der Waals surface area contributed by atoms with Gasteiger partial charge in [0.1, 0.15) is 28.8 Å². The minimum atomic E-state index is -1.48. The maximum absolute atomic E-state index is 12.4. The van der Waals surface area contributed by atoms with Gasteiger partial charge in [0.15, 0.2) is 17.9 Å². The number of benzene rings is 1. The number of esters is 4. The Morgan fingerprint density at radius 1 is 0.809 bits per heavy atom. The fraction of sp³-hybridized carbons (Fsp3) is 0.375. The van der Waals surface area contributed by atoms with Crippen LogP contribution < -0.4 is 4.74 Å². The van der Waals surface area contributed by atoms with Gasteiger partial charge < -0.3 is 32.8 Å². The molecule has 0 radical (unpaired) electrons. The summed E-state index contributed by atoms with van der Waals surface area (Å²) in [7, 11) is 0. The molecule has 5 rings (SSSR count). The number of imidazole rings is 1. The zero-order valence-electron chi connectivity index (χ0n) is 25.9. The summed E-state index contributed by atoms with van der Waals surface area (Å²) in [4.78, 5) is 58.1. The topological polar surface area (TPSA) is 167 Å².